The molecule has 3 aromatic rings. The maximum atomic E-state index is 12.4. The number of anilines is 1. The lowest BCUT2D eigenvalue weighted by molar-refractivity contribution is 0.0528. The molecule has 1 amide bonds. The van der Waals surface area contributed by atoms with Crippen LogP contribution in [0.5, 0.6) is 0 Å². The van der Waals surface area contributed by atoms with Crippen LogP contribution < -0.4 is 5.32 Å². The maximum Gasteiger partial charge on any atom is 0.341 e. The van der Waals surface area contributed by atoms with Gasteiger partial charge < -0.3 is 14.5 Å². The van der Waals surface area contributed by atoms with Gasteiger partial charge >= 0.3 is 5.97 Å². The SMILES string of the molecule is CCOC(=O)c1cc(C)sc1NC(=O)c1csc(-c2ccco2)n1. The minimum atomic E-state index is -0.452. The summed E-state index contributed by atoms with van der Waals surface area (Å²) >= 11 is 2.64. The van der Waals surface area contributed by atoms with E-state index in [1.165, 1.54) is 22.7 Å². The number of ether oxygens (including phenoxy) is 1. The molecule has 3 rings (SSSR count). The van der Waals surface area contributed by atoms with Crippen molar-refractivity contribution >= 4 is 39.6 Å². The second-order valence-electron chi connectivity index (χ2n) is 4.79. The number of aryl methyl sites for hydroxylation is 1. The Hall–Kier alpha value is -2.45. The van der Waals surface area contributed by atoms with E-state index in [9.17, 15) is 9.59 Å². The number of furan rings is 1. The van der Waals surface area contributed by atoms with Crippen LogP contribution in [0.1, 0.15) is 32.6 Å². The lowest BCUT2D eigenvalue weighted by atomic mass is 10.3. The van der Waals surface area contributed by atoms with Crippen LogP contribution in [-0.2, 0) is 4.74 Å². The van der Waals surface area contributed by atoms with Gasteiger partial charge in [0.15, 0.2) is 10.8 Å². The zero-order valence-corrected chi connectivity index (χ0v) is 14.6. The van der Waals surface area contributed by atoms with Crippen molar-refractivity contribution in [1.82, 2.24) is 4.98 Å². The number of thiazole rings is 1. The normalized spacial score (nSPS) is 10.6. The van der Waals surface area contributed by atoms with E-state index in [0.29, 0.717) is 21.3 Å². The Bertz CT molecular complexity index is 865. The largest absolute Gasteiger partial charge is 0.462 e. The number of hydrogen-bond donors (Lipinski definition) is 1. The Labute approximate surface area is 146 Å². The predicted molar refractivity (Wildman–Crippen MR) is 92.8 cm³/mol. The van der Waals surface area contributed by atoms with Crippen molar-refractivity contribution in [3.8, 4) is 10.8 Å². The molecule has 0 spiro atoms. The Balaban J connectivity index is 1.79. The van der Waals surface area contributed by atoms with Gasteiger partial charge in [-0.25, -0.2) is 9.78 Å². The Morgan fingerprint density at radius 3 is 2.96 bits per heavy atom. The summed E-state index contributed by atoms with van der Waals surface area (Å²) in [4.78, 5) is 29.5. The standard InChI is InChI=1S/C16H14N2O4S2/c1-3-21-16(20)10-7-9(2)24-14(10)18-13(19)11-8-23-15(17-11)12-5-4-6-22-12/h4-8H,3H2,1-2H3,(H,18,19). The molecule has 3 aromatic heterocycles. The molecule has 0 fully saturated rings. The smallest absolute Gasteiger partial charge is 0.341 e. The molecule has 0 unspecified atom stereocenters. The highest BCUT2D eigenvalue weighted by molar-refractivity contribution is 7.16. The van der Waals surface area contributed by atoms with Gasteiger partial charge in [0.1, 0.15) is 10.7 Å². The molecule has 6 nitrogen and oxygen atoms in total. The molecule has 0 saturated heterocycles. The molecular weight excluding hydrogens is 348 g/mol. The van der Waals surface area contributed by atoms with E-state index < -0.39 is 5.97 Å². The van der Waals surface area contributed by atoms with E-state index in [0.717, 1.165) is 4.88 Å². The average molecular weight is 362 g/mol. The molecule has 0 aliphatic heterocycles. The third-order valence-corrected chi connectivity index (χ3v) is 4.87. The monoisotopic (exact) mass is 362 g/mol. The van der Waals surface area contributed by atoms with Gasteiger partial charge in [0.2, 0.25) is 0 Å². The predicted octanol–water partition coefficient (Wildman–Crippen LogP) is 4.20. The molecule has 8 heteroatoms. The van der Waals surface area contributed by atoms with E-state index in [1.807, 2.05) is 6.92 Å². The van der Waals surface area contributed by atoms with Gasteiger partial charge in [-0.15, -0.1) is 22.7 Å². The number of aromatic nitrogens is 1. The van der Waals surface area contributed by atoms with Crippen LogP contribution in [0.15, 0.2) is 34.3 Å². The van der Waals surface area contributed by atoms with Gasteiger partial charge in [-0.2, -0.15) is 0 Å². The number of carbonyl (C=O) groups excluding carboxylic acids is 2. The van der Waals surface area contributed by atoms with Crippen LogP contribution in [0, 0.1) is 6.92 Å². The highest BCUT2D eigenvalue weighted by atomic mass is 32.1. The number of esters is 1. The van der Waals surface area contributed by atoms with Crippen molar-refractivity contribution in [2.45, 2.75) is 13.8 Å². The zero-order chi connectivity index (χ0) is 17.1. The minimum Gasteiger partial charge on any atom is -0.462 e. The number of amides is 1. The molecule has 3 heterocycles. The first-order valence-electron chi connectivity index (χ1n) is 7.16. The van der Waals surface area contributed by atoms with Crippen molar-refractivity contribution in [3.05, 3.63) is 46.0 Å². The number of carbonyl (C=O) groups is 2. The van der Waals surface area contributed by atoms with Crippen molar-refractivity contribution in [3.63, 3.8) is 0 Å². The fraction of sp³-hybridized carbons (Fsp3) is 0.188. The lowest BCUT2D eigenvalue weighted by Crippen LogP contribution is -2.14. The highest BCUT2D eigenvalue weighted by Gasteiger charge is 2.20. The van der Waals surface area contributed by atoms with Crippen LogP contribution in [0.25, 0.3) is 10.8 Å². The van der Waals surface area contributed by atoms with E-state index in [2.05, 4.69) is 10.3 Å². The topological polar surface area (TPSA) is 81.4 Å². The van der Waals surface area contributed by atoms with Gasteiger partial charge in [0.25, 0.3) is 5.91 Å². The number of rotatable bonds is 5. The second-order valence-corrected chi connectivity index (χ2v) is 6.90. The van der Waals surface area contributed by atoms with Crippen LogP contribution in [-0.4, -0.2) is 23.5 Å². The van der Waals surface area contributed by atoms with Gasteiger partial charge in [-0.1, -0.05) is 0 Å². The molecule has 124 valence electrons. The summed E-state index contributed by atoms with van der Waals surface area (Å²) in [6.07, 6.45) is 1.55. The van der Waals surface area contributed by atoms with Gasteiger partial charge in [0, 0.05) is 10.3 Å². The number of hydrogen-bond acceptors (Lipinski definition) is 7. The number of nitrogens with one attached hydrogen (secondary N) is 1. The van der Waals surface area contributed by atoms with E-state index in [-0.39, 0.29) is 18.2 Å². The summed E-state index contributed by atoms with van der Waals surface area (Å²) in [6.45, 7) is 3.88. The van der Waals surface area contributed by atoms with Crippen molar-refractivity contribution in [1.29, 1.82) is 0 Å². The third-order valence-electron chi connectivity index (χ3n) is 3.05. The van der Waals surface area contributed by atoms with E-state index in [4.69, 9.17) is 9.15 Å². The molecule has 0 saturated carbocycles. The maximum absolute atomic E-state index is 12.4. The first-order valence-corrected chi connectivity index (χ1v) is 8.86. The Morgan fingerprint density at radius 1 is 1.42 bits per heavy atom. The van der Waals surface area contributed by atoms with Crippen molar-refractivity contribution < 1.29 is 18.7 Å². The molecule has 0 aliphatic rings. The molecule has 0 radical (unpaired) electrons. The van der Waals surface area contributed by atoms with Gasteiger partial charge in [-0.3, -0.25) is 4.79 Å². The summed E-state index contributed by atoms with van der Waals surface area (Å²) in [5, 5.41) is 5.47. The summed E-state index contributed by atoms with van der Waals surface area (Å²) in [5.41, 5.74) is 0.626. The third kappa shape index (κ3) is 3.39. The minimum absolute atomic E-state index is 0.271. The van der Waals surface area contributed by atoms with Gasteiger partial charge in [0.05, 0.1) is 18.4 Å². The van der Waals surface area contributed by atoms with E-state index in [1.54, 1.807) is 36.8 Å². The lowest BCUT2D eigenvalue weighted by Gasteiger charge is -2.04. The molecule has 0 aromatic carbocycles. The summed E-state index contributed by atoms with van der Waals surface area (Å²) in [5.74, 6) is -0.221. The first-order chi connectivity index (χ1) is 11.6. The van der Waals surface area contributed by atoms with Crippen molar-refractivity contribution in [2.75, 3.05) is 11.9 Å². The molecular formula is C16H14N2O4S2. The molecule has 0 bridgehead atoms. The summed E-state index contributed by atoms with van der Waals surface area (Å²) in [7, 11) is 0. The fourth-order valence-corrected chi connectivity index (χ4v) is 3.69. The summed E-state index contributed by atoms with van der Waals surface area (Å²) < 4.78 is 10.3. The van der Waals surface area contributed by atoms with Crippen LogP contribution in [0.3, 0.4) is 0 Å². The van der Waals surface area contributed by atoms with Crippen LogP contribution in [0.2, 0.25) is 0 Å². The van der Waals surface area contributed by atoms with Gasteiger partial charge in [-0.05, 0) is 32.0 Å². The van der Waals surface area contributed by atoms with Crippen LogP contribution in [0.4, 0.5) is 5.00 Å². The first kappa shape index (κ1) is 16.4. The number of thiophene rings is 1. The van der Waals surface area contributed by atoms with Crippen molar-refractivity contribution in [2.24, 2.45) is 0 Å². The second kappa shape index (κ2) is 6.98. The average Bonchev–Trinajstić information content (AvgIpc) is 3.27. The molecule has 24 heavy (non-hydrogen) atoms. The van der Waals surface area contributed by atoms with E-state index >= 15 is 0 Å². The molecule has 1 N–H and O–H groups in total. The Morgan fingerprint density at radius 2 is 2.25 bits per heavy atom. The molecule has 0 atom stereocenters. The number of nitrogens with zero attached hydrogens (tertiary/aromatic N) is 1. The molecule has 0 aliphatic carbocycles. The summed E-state index contributed by atoms with van der Waals surface area (Å²) in [6, 6.07) is 5.24. The Kier molecular flexibility index (Phi) is 4.77. The quantitative estimate of drug-likeness (QED) is 0.688. The highest BCUT2D eigenvalue weighted by Crippen LogP contribution is 2.29. The van der Waals surface area contributed by atoms with Crippen LogP contribution >= 0.6 is 22.7 Å². The fourth-order valence-electron chi connectivity index (χ4n) is 2.03. The zero-order valence-electron chi connectivity index (χ0n) is 13.0.